The third kappa shape index (κ3) is 2.32. The lowest BCUT2D eigenvalue weighted by molar-refractivity contribution is 0.567. The van der Waals surface area contributed by atoms with Crippen molar-refractivity contribution < 1.29 is 4.42 Å². The van der Waals surface area contributed by atoms with Crippen LogP contribution in [0.1, 0.15) is 6.92 Å². The second-order valence-electron chi connectivity index (χ2n) is 4.58. The highest BCUT2D eigenvalue weighted by Crippen LogP contribution is 2.34. The molecule has 0 radical (unpaired) electrons. The van der Waals surface area contributed by atoms with Crippen LogP contribution in [0.15, 0.2) is 56.6 Å². The number of hydrogen-bond acceptors (Lipinski definition) is 6. The van der Waals surface area contributed by atoms with Gasteiger partial charge in [-0.15, -0.1) is 21.5 Å². The van der Waals surface area contributed by atoms with E-state index in [9.17, 15) is 0 Å². The van der Waals surface area contributed by atoms with Gasteiger partial charge in [0, 0.05) is 6.54 Å². The molecular formula is C15H12N4OS2. The summed E-state index contributed by atoms with van der Waals surface area (Å²) in [6.45, 7) is 2.84. The van der Waals surface area contributed by atoms with Gasteiger partial charge in [0.15, 0.2) is 21.1 Å². The topological polar surface area (TPSA) is 56.7 Å². The number of para-hydroxylation sites is 1. The molecule has 4 rings (SSSR count). The summed E-state index contributed by atoms with van der Waals surface area (Å²) in [5, 5.41) is 9.37. The Bertz CT molecular complexity index is 878. The fraction of sp³-hybridized carbons (Fsp3) is 0.133. The average molecular weight is 328 g/mol. The van der Waals surface area contributed by atoms with E-state index in [2.05, 4.69) is 28.2 Å². The van der Waals surface area contributed by atoms with Gasteiger partial charge in [0.25, 0.3) is 0 Å². The van der Waals surface area contributed by atoms with Gasteiger partial charge < -0.3 is 4.42 Å². The van der Waals surface area contributed by atoms with Crippen LogP contribution in [0, 0.1) is 0 Å². The zero-order valence-corrected chi connectivity index (χ0v) is 13.4. The molecule has 0 saturated heterocycles. The first-order chi connectivity index (χ1) is 10.8. The molecule has 3 aromatic heterocycles. The van der Waals surface area contributed by atoms with Crippen molar-refractivity contribution in [3.8, 4) is 11.6 Å². The highest BCUT2D eigenvalue weighted by Gasteiger charge is 2.17. The van der Waals surface area contributed by atoms with E-state index in [1.54, 1.807) is 17.6 Å². The molecule has 0 spiro atoms. The Kier molecular flexibility index (Phi) is 3.44. The predicted molar refractivity (Wildman–Crippen MR) is 87.1 cm³/mol. The summed E-state index contributed by atoms with van der Waals surface area (Å²) in [6.07, 6.45) is 1.64. The second-order valence-corrected chi connectivity index (χ2v) is 6.82. The smallest absolute Gasteiger partial charge is 0.200 e. The van der Waals surface area contributed by atoms with Crippen LogP contribution in [0.25, 0.3) is 21.8 Å². The molecule has 4 aromatic rings. The van der Waals surface area contributed by atoms with Gasteiger partial charge in [-0.2, -0.15) is 0 Å². The summed E-state index contributed by atoms with van der Waals surface area (Å²) < 4.78 is 9.61. The van der Waals surface area contributed by atoms with E-state index in [1.807, 2.05) is 34.9 Å². The number of thiazole rings is 1. The van der Waals surface area contributed by atoms with E-state index in [-0.39, 0.29) is 0 Å². The van der Waals surface area contributed by atoms with Crippen molar-refractivity contribution in [2.75, 3.05) is 0 Å². The van der Waals surface area contributed by atoms with Crippen LogP contribution in [0.3, 0.4) is 0 Å². The summed E-state index contributed by atoms with van der Waals surface area (Å²) in [6, 6.07) is 11.9. The van der Waals surface area contributed by atoms with Crippen LogP contribution < -0.4 is 0 Å². The minimum atomic E-state index is 0.727. The Morgan fingerprint density at radius 1 is 1.18 bits per heavy atom. The van der Waals surface area contributed by atoms with Gasteiger partial charge in [-0.25, -0.2) is 4.98 Å². The maximum atomic E-state index is 5.43. The number of hydrogen-bond donors (Lipinski definition) is 0. The van der Waals surface area contributed by atoms with Gasteiger partial charge in [0.1, 0.15) is 0 Å². The van der Waals surface area contributed by atoms with E-state index < -0.39 is 0 Å². The Labute approximate surface area is 135 Å². The van der Waals surface area contributed by atoms with E-state index in [1.165, 1.54) is 16.5 Å². The predicted octanol–water partition coefficient (Wildman–Crippen LogP) is 4.32. The van der Waals surface area contributed by atoms with Crippen molar-refractivity contribution in [2.45, 2.75) is 23.0 Å². The molecule has 110 valence electrons. The molecule has 0 atom stereocenters. The molecular weight excluding hydrogens is 316 g/mol. The minimum Gasteiger partial charge on any atom is -0.461 e. The first-order valence-corrected chi connectivity index (χ1v) is 8.49. The largest absolute Gasteiger partial charge is 0.461 e. The maximum absolute atomic E-state index is 5.43. The third-order valence-corrected chi connectivity index (χ3v) is 5.31. The van der Waals surface area contributed by atoms with Crippen molar-refractivity contribution in [1.82, 2.24) is 19.7 Å². The van der Waals surface area contributed by atoms with Gasteiger partial charge >= 0.3 is 0 Å². The molecule has 5 nitrogen and oxygen atoms in total. The Morgan fingerprint density at radius 3 is 2.86 bits per heavy atom. The standard InChI is InChI=1S/C15H12N4OS2/c1-2-19-13(11-7-5-9-20-11)17-18-14(19)22-15-16-10-6-3-4-8-12(10)21-15/h3-9H,2H2,1H3. The minimum absolute atomic E-state index is 0.727. The lowest BCUT2D eigenvalue weighted by Crippen LogP contribution is -1.98. The molecule has 7 heteroatoms. The summed E-state index contributed by atoms with van der Waals surface area (Å²) in [4.78, 5) is 4.63. The van der Waals surface area contributed by atoms with Crippen LogP contribution >= 0.6 is 23.1 Å². The molecule has 0 saturated carbocycles. The van der Waals surface area contributed by atoms with E-state index >= 15 is 0 Å². The van der Waals surface area contributed by atoms with Crippen molar-refractivity contribution in [2.24, 2.45) is 0 Å². The summed E-state index contributed by atoms with van der Waals surface area (Å²) in [7, 11) is 0. The molecule has 3 heterocycles. The van der Waals surface area contributed by atoms with E-state index in [4.69, 9.17) is 4.42 Å². The molecule has 0 aliphatic carbocycles. The van der Waals surface area contributed by atoms with Gasteiger partial charge in [0.05, 0.1) is 16.5 Å². The SMILES string of the molecule is CCn1c(Sc2nc3ccccc3s2)nnc1-c1ccco1. The molecule has 0 unspecified atom stereocenters. The zero-order valence-electron chi connectivity index (χ0n) is 11.8. The molecule has 0 aliphatic rings. The molecule has 0 bridgehead atoms. The maximum Gasteiger partial charge on any atom is 0.200 e. The van der Waals surface area contributed by atoms with Crippen molar-refractivity contribution >= 4 is 33.3 Å². The fourth-order valence-electron chi connectivity index (χ4n) is 2.21. The molecule has 0 aliphatic heterocycles. The Hall–Kier alpha value is -2.12. The fourth-order valence-corrected chi connectivity index (χ4v) is 4.27. The molecule has 0 N–H and O–H groups in total. The molecule has 1 aromatic carbocycles. The van der Waals surface area contributed by atoms with Gasteiger partial charge in [-0.1, -0.05) is 12.1 Å². The lowest BCUT2D eigenvalue weighted by Gasteiger charge is -2.03. The third-order valence-electron chi connectivity index (χ3n) is 3.23. The zero-order chi connectivity index (χ0) is 14.9. The van der Waals surface area contributed by atoms with Crippen molar-refractivity contribution in [1.29, 1.82) is 0 Å². The monoisotopic (exact) mass is 328 g/mol. The van der Waals surface area contributed by atoms with Gasteiger partial charge in [-0.3, -0.25) is 4.57 Å². The number of rotatable bonds is 4. The number of aromatic nitrogens is 4. The average Bonchev–Trinajstić information content (AvgIpc) is 3.25. The first kappa shape index (κ1) is 13.5. The molecule has 0 amide bonds. The second kappa shape index (κ2) is 5.58. The normalized spacial score (nSPS) is 11.3. The molecule has 0 fully saturated rings. The highest BCUT2D eigenvalue weighted by atomic mass is 32.2. The quantitative estimate of drug-likeness (QED) is 0.558. The number of fused-ring (bicyclic) bond motifs is 1. The van der Waals surface area contributed by atoms with Crippen LogP contribution in [0.2, 0.25) is 0 Å². The van der Waals surface area contributed by atoms with Crippen molar-refractivity contribution in [3.63, 3.8) is 0 Å². The Balaban J connectivity index is 1.71. The highest BCUT2D eigenvalue weighted by molar-refractivity contribution is 8.01. The Morgan fingerprint density at radius 2 is 2.09 bits per heavy atom. The first-order valence-electron chi connectivity index (χ1n) is 6.85. The summed E-state index contributed by atoms with van der Waals surface area (Å²) >= 11 is 3.20. The summed E-state index contributed by atoms with van der Waals surface area (Å²) in [5.74, 6) is 1.47. The van der Waals surface area contributed by atoms with E-state index in [0.717, 1.165) is 33.1 Å². The van der Waals surface area contributed by atoms with E-state index in [0.29, 0.717) is 0 Å². The number of benzene rings is 1. The van der Waals surface area contributed by atoms with Crippen LogP contribution in [0.5, 0.6) is 0 Å². The van der Waals surface area contributed by atoms with Crippen LogP contribution in [-0.2, 0) is 6.54 Å². The van der Waals surface area contributed by atoms with Gasteiger partial charge in [0.2, 0.25) is 0 Å². The van der Waals surface area contributed by atoms with Crippen LogP contribution in [0.4, 0.5) is 0 Å². The summed E-state index contributed by atoms with van der Waals surface area (Å²) in [5.41, 5.74) is 1.02. The number of nitrogens with zero attached hydrogens (tertiary/aromatic N) is 4. The molecule has 22 heavy (non-hydrogen) atoms. The van der Waals surface area contributed by atoms with Crippen molar-refractivity contribution in [3.05, 3.63) is 42.7 Å². The number of furan rings is 1. The lowest BCUT2D eigenvalue weighted by atomic mass is 10.3. The van der Waals surface area contributed by atoms with Crippen LogP contribution in [-0.4, -0.2) is 19.7 Å². The van der Waals surface area contributed by atoms with Gasteiger partial charge in [-0.05, 0) is 43.0 Å².